The van der Waals surface area contributed by atoms with E-state index in [4.69, 9.17) is 4.74 Å². The number of pyridine rings is 1. The normalized spacial score (nSPS) is 10.6. The van der Waals surface area contributed by atoms with E-state index in [0.717, 1.165) is 25.5 Å². The number of carbonyl (C=O) groups excluding carboxylic acids is 1. The van der Waals surface area contributed by atoms with Gasteiger partial charge in [0.05, 0.1) is 11.3 Å². The zero-order valence-electron chi connectivity index (χ0n) is 13.5. The Morgan fingerprint density at radius 1 is 1.17 bits per heavy atom. The SMILES string of the molecule is CCCOCCCNC(=O)c1ccc(-c2cc(F)cc(F)c2)nc1. The smallest absolute Gasteiger partial charge is 0.252 e. The van der Waals surface area contributed by atoms with Gasteiger partial charge in [-0.15, -0.1) is 0 Å². The number of halogens is 2. The van der Waals surface area contributed by atoms with Crippen LogP contribution < -0.4 is 5.32 Å². The molecule has 1 aromatic carbocycles. The first-order chi connectivity index (χ1) is 11.6. The van der Waals surface area contributed by atoms with Gasteiger partial charge >= 0.3 is 0 Å². The van der Waals surface area contributed by atoms with E-state index in [1.807, 2.05) is 6.92 Å². The maximum absolute atomic E-state index is 13.2. The molecule has 0 aliphatic rings. The molecule has 6 heteroatoms. The van der Waals surface area contributed by atoms with E-state index < -0.39 is 11.6 Å². The fraction of sp³-hybridized carbons (Fsp3) is 0.333. The molecule has 0 unspecified atom stereocenters. The molecule has 0 spiro atoms. The van der Waals surface area contributed by atoms with Gasteiger partial charge in [0.1, 0.15) is 11.6 Å². The largest absolute Gasteiger partial charge is 0.381 e. The van der Waals surface area contributed by atoms with Crippen molar-refractivity contribution < 1.29 is 18.3 Å². The molecule has 0 fully saturated rings. The minimum atomic E-state index is -0.668. The monoisotopic (exact) mass is 334 g/mol. The molecule has 0 bridgehead atoms. The maximum atomic E-state index is 13.2. The van der Waals surface area contributed by atoms with Crippen LogP contribution in [0.5, 0.6) is 0 Å². The number of nitrogens with zero attached hydrogens (tertiary/aromatic N) is 1. The van der Waals surface area contributed by atoms with Crippen LogP contribution in [-0.4, -0.2) is 30.6 Å². The van der Waals surface area contributed by atoms with Crippen LogP contribution in [0.15, 0.2) is 36.5 Å². The highest BCUT2D eigenvalue weighted by Gasteiger charge is 2.08. The topological polar surface area (TPSA) is 51.2 Å². The molecule has 1 heterocycles. The molecule has 0 aliphatic heterocycles. The third-order valence-corrected chi connectivity index (χ3v) is 3.28. The highest BCUT2D eigenvalue weighted by molar-refractivity contribution is 5.94. The van der Waals surface area contributed by atoms with Crippen molar-refractivity contribution in [3.05, 3.63) is 53.7 Å². The highest BCUT2D eigenvalue weighted by Crippen LogP contribution is 2.19. The van der Waals surface area contributed by atoms with E-state index in [9.17, 15) is 13.6 Å². The molecule has 24 heavy (non-hydrogen) atoms. The standard InChI is InChI=1S/C18H20F2N2O2/c1-2-7-24-8-3-6-21-18(23)13-4-5-17(22-12-13)14-9-15(19)11-16(20)10-14/h4-5,9-12H,2-3,6-8H2,1H3,(H,21,23). The average Bonchev–Trinajstić information content (AvgIpc) is 2.57. The first-order valence-electron chi connectivity index (χ1n) is 7.88. The maximum Gasteiger partial charge on any atom is 0.252 e. The van der Waals surface area contributed by atoms with Crippen LogP contribution in [0.3, 0.4) is 0 Å². The fourth-order valence-electron chi connectivity index (χ4n) is 2.13. The van der Waals surface area contributed by atoms with Gasteiger partial charge < -0.3 is 10.1 Å². The lowest BCUT2D eigenvalue weighted by atomic mass is 10.1. The molecule has 1 aromatic heterocycles. The van der Waals surface area contributed by atoms with E-state index in [2.05, 4.69) is 10.3 Å². The molecule has 2 rings (SSSR count). The van der Waals surface area contributed by atoms with E-state index in [1.165, 1.54) is 18.3 Å². The minimum Gasteiger partial charge on any atom is -0.381 e. The van der Waals surface area contributed by atoms with Gasteiger partial charge in [-0.05, 0) is 37.1 Å². The molecular formula is C18H20F2N2O2. The second kappa shape index (κ2) is 9.08. The van der Waals surface area contributed by atoms with Crippen LogP contribution in [0.4, 0.5) is 8.78 Å². The lowest BCUT2D eigenvalue weighted by Crippen LogP contribution is -2.25. The molecule has 0 aliphatic carbocycles. The van der Waals surface area contributed by atoms with E-state index >= 15 is 0 Å². The van der Waals surface area contributed by atoms with Gasteiger partial charge in [0, 0.05) is 37.6 Å². The Morgan fingerprint density at radius 3 is 2.54 bits per heavy atom. The number of benzene rings is 1. The number of amides is 1. The number of hydrogen-bond donors (Lipinski definition) is 1. The van der Waals surface area contributed by atoms with Crippen molar-refractivity contribution in [2.24, 2.45) is 0 Å². The molecule has 4 nitrogen and oxygen atoms in total. The Kier molecular flexibility index (Phi) is 6.81. The van der Waals surface area contributed by atoms with Gasteiger partial charge in [0.2, 0.25) is 0 Å². The summed E-state index contributed by atoms with van der Waals surface area (Å²) in [6.07, 6.45) is 3.10. The van der Waals surface area contributed by atoms with Crippen LogP contribution in [0, 0.1) is 11.6 Å². The summed E-state index contributed by atoms with van der Waals surface area (Å²) in [6, 6.07) is 6.33. The number of aromatic nitrogens is 1. The van der Waals surface area contributed by atoms with Gasteiger partial charge in [-0.2, -0.15) is 0 Å². The van der Waals surface area contributed by atoms with E-state index in [-0.39, 0.29) is 5.91 Å². The molecule has 0 saturated carbocycles. The van der Waals surface area contributed by atoms with E-state index in [1.54, 1.807) is 12.1 Å². The molecular weight excluding hydrogens is 314 g/mol. The Balaban J connectivity index is 1.90. The van der Waals surface area contributed by atoms with Gasteiger partial charge in [-0.1, -0.05) is 6.92 Å². The van der Waals surface area contributed by atoms with Gasteiger partial charge in [0.15, 0.2) is 0 Å². The summed E-state index contributed by atoms with van der Waals surface area (Å²) in [6.45, 7) is 3.88. The molecule has 1 amide bonds. The summed E-state index contributed by atoms with van der Waals surface area (Å²) < 4.78 is 31.8. The summed E-state index contributed by atoms with van der Waals surface area (Å²) in [7, 11) is 0. The van der Waals surface area contributed by atoms with Gasteiger partial charge in [-0.25, -0.2) is 8.78 Å². The molecule has 0 saturated heterocycles. The Bertz CT molecular complexity index is 655. The predicted molar refractivity (Wildman–Crippen MR) is 87.6 cm³/mol. The van der Waals surface area contributed by atoms with Crippen molar-refractivity contribution in [1.82, 2.24) is 10.3 Å². The lowest BCUT2D eigenvalue weighted by molar-refractivity contribution is 0.0941. The van der Waals surface area contributed by atoms with Crippen LogP contribution in [0.1, 0.15) is 30.1 Å². The van der Waals surface area contributed by atoms with Crippen molar-refractivity contribution in [1.29, 1.82) is 0 Å². The molecule has 0 radical (unpaired) electrons. The van der Waals surface area contributed by atoms with Crippen LogP contribution in [-0.2, 0) is 4.74 Å². The van der Waals surface area contributed by atoms with Crippen molar-refractivity contribution in [3.63, 3.8) is 0 Å². The first kappa shape index (κ1) is 18.0. The molecule has 2 aromatic rings. The van der Waals surface area contributed by atoms with Crippen molar-refractivity contribution >= 4 is 5.91 Å². The van der Waals surface area contributed by atoms with Crippen LogP contribution in [0.25, 0.3) is 11.3 Å². The zero-order chi connectivity index (χ0) is 17.4. The second-order valence-electron chi connectivity index (χ2n) is 5.31. The fourth-order valence-corrected chi connectivity index (χ4v) is 2.13. The van der Waals surface area contributed by atoms with Crippen molar-refractivity contribution in [2.45, 2.75) is 19.8 Å². The third-order valence-electron chi connectivity index (χ3n) is 3.28. The summed E-state index contributed by atoms with van der Waals surface area (Å²) >= 11 is 0. The highest BCUT2D eigenvalue weighted by atomic mass is 19.1. The van der Waals surface area contributed by atoms with E-state index in [0.29, 0.717) is 30.0 Å². The number of carbonyl (C=O) groups is 1. The van der Waals surface area contributed by atoms with Crippen molar-refractivity contribution in [2.75, 3.05) is 19.8 Å². The van der Waals surface area contributed by atoms with Crippen LogP contribution in [0.2, 0.25) is 0 Å². The Labute approximate surface area is 139 Å². The van der Waals surface area contributed by atoms with Crippen LogP contribution >= 0.6 is 0 Å². The lowest BCUT2D eigenvalue weighted by Gasteiger charge is -2.07. The first-order valence-corrected chi connectivity index (χ1v) is 7.88. The zero-order valence-corrected chi connectivity index (χ0v) is 13.5. The molecule has 128 valence electrons. The Hall–Kier alpha value is -2.34. The average molecular weight is 334 g/mol. The third kappa shape index (κ3) is 5.38. The molecule has 1 N–H and O–H groups in total. The van der Waals surface area contributed by atoms with Gasteiger partial charge in [-0.3, -0.25) is 9.78 Å². The predicted octanol–water partition coefficient (Wildman–Crippen LogP) is 3.57. The summed E-state index contributed by atoms with van der Waals surface area (Å²) in [5.74, 6) is -1.58. The molecule has 0 atom stereocenters. The number of nitrogens with one attached hydrogen (secondary N) is 1. The van der Waals surface area contributed by atoms with Crippen molar-refractivity contribution in [3.8, 4) is 11.3 Å². The number of hydrogen-bond acceptors (Lipinski definition) is 3. The quantitative estimate of drug-likeness (QED) is 0.751. The summed E-state index contributed by atoms with van der Waals surface area (Å²) in [5, 5.41) is 2.77. The summed E-state index contributed by atoms with van der Waals surface area (Å²) in [4.78, 5) is 16.1. The second-order valence-corrected chi connectivity index (χ2v) is 5.31. The Morgan fingerprint density at radius 2 is 1.92 bits per heavy atom. The summed E-state index contributed by atoms with van der Waals surface area (Å²) in [5.41, 5.74) is 1.12. The minimum absolute atomic E-state index is 0.241. The van der Waals surface area contributed by atoms with Gasteiger partial charge in [0.25, 0.3) is 5.91 Å². The number of rotatable bonds is 8. The number of ether oxygens (including phenoxy) is 1.